The SMILES string of the molecule is CC(C)(CC1=CC=CC1)c1ccccc1. The second kappa shape index (κ2) is 4.06. The van der Waals surface area contributed by atoms with Crippen LogP contribution in [0.4, 0.5) is 0 Å². The molecule has 0 nitrogen and oxygen atoms in total. The summed E-state index contributed by atoms with van der Waals surface area (Å²) in [4.78, 5) is 0. The smallest absolute Gasteiger partial charge is 0.00662 e. The van der Waals surface area contributed by atoms with E-state index in [9.17, 15) is 0 Å². The van der Waals surface area contributed by atoms with Crippen LogP contribution in [-0.2, 0) is 5.41 Å². The second-order valence-electron chi connectivity index (χ2n) is 4.88. The summed E-state index contributed by atoms with van der Waals surface area (Å²) < 4.78 is 0. The topological polar surface area (TPSA) is 0 Å². The fraction of sp³-hybridized carbons (Fsp3) is 0.333. The predicted molar refractivity (Wildman–Crippen MR) is 65.9 cm³/mol. The lowest BCUT2D eigenvalue weighted by atomic mass is 9.79. The molecule has 1 aromatic rings. The van der Waals surface area contributed by atoms with E-state index < -0.39 is 0 Å². The lowest BCUT2D eigenvalue weighted by Gasteiger charge is -2.26. The minimum atomic E-state index is 0.249. The van der Waals surface area contributed by atoms with Crippen LogP contribution in [0.3, 0.4) is 0 Å². The van der Waals surface area contributed by atoms with Gasteiger partial charge < -0.3 is 0 Å². The Kier molecular flexibility index (Phi) is 2.77. The third-order valence-electron chi connectivity index (χ3n) is 3.07. The highest BCUT2D eigenvalue weighted by molar-refractivity contribution is 5.30. The molecule has 1 aliphatic rings. The lowest BCUT2D eigenvalue weighted by molar-refractivity contribution is 0.517. The fourth-order valence-electron chi connectivity index (χ4n) is 2.18. The molecule has 0 saturated heterocycles. The van der Waals surface area contributed by atoms with Crippen molar-refractivity contribution >= 4 is 0 Å². The third kappa shape index (κ3) is 2.38. The van der Waals surface area contributed by atoms with Gasteiger partial charge in [0.05, 0.1) is 0 Å². The van der Waals surface area contributed by atoms with Crippen molar-refractivity contribution < 1.29 is 0 Å². The van der Waals surface area contributed by atoms with Gasteiger partial charge in [-0.15, -0.1) is 0 Å². The Labute approximate surface area is 92.3 Å². The van der Waals surface area contributed by atoms with E-state index >= 15 is 0 Å². The van der Waals surface area contributed by atoms with Crippen LogP contribution >= 0.6 is 0 Å². The molecule has 0 heteroatoms. The fourth-order valence-corrected chi connectivity index (χ4v) is 2.18. The average molecular weight is 198 g/mol. The number of rotatable bonds is 3. The van der Waals surface area contributed by atoms with Gasteiger partial charge >= 0.3 is 0 Å². The maximum atomic E-state index is 2.32. The van der Waals surface area contributed by atoms with Crippen molar-refractivity contribution in [1.82, 2.24) is 0 Å². The van der Waals surface area contributed by atoms with Crippen molar-refractivity contribution in [2.45, 2.75) is 32.1 Å². The monoisotopic (exact) mass is 198 g/mol. The van der Waals surface area contributed by atoms with Gasteiger partial charge in [-0.2, -0.15) is 0 Å². The van der Waals surface area contributed by atoms with Crippen molar-refractivity contribution in [3.8, 4) is 0 Å². The zero-order chi connectivity index (χ0) is 10.7. The summed E-state index contributed by atoms with van der Waals surface area (Å²) in [5, 5.41) is 0. The summed E-state index contributed by atoms with van der Waals surface area (Å²) in [6, 6.07) is 10.8. The predicted octanol–water partition coefficient (Wildman–Crippen LogP) is 4.24. The van der Waals surface area contributed by atoms with Crippen LogP contribution in [0, 0.1) is 0 Å². The Morgan fingerprint density at radius 1 is 1.13 bits per heavy atom. The summed E-state index contributed by atoms with van der Waals surface area (Å²) in [6.45, 7) is 4.64. The molecule has 78 valence electrons. The van der Waals surface area contributed by atoms with Gasteiger partial charge in [0.1, 0.15) is 0 Å². The molecule has 0 aromatic heterocycles. The molecule has 0 spiro atoms. The molecular weight excluding hydrogens is 180 g/mol. The van der Waals surface area contributed by atoms with E-state index in [4.69, 9.17) is 0 Å². The summed E-state index contributed by atoms with van der Waals surface area (Å²) in [6.07, 6.45) is 8.94. The molecule has 1 aromatic carbocycles. The Hall–Kier alpha value is -1.30. The molecule has 0 atom stereocenters. The van der Waals surface area contributed by atoms with Gasteiger partial charge in [0, 0.05) is 0 Å². The molecule has 0 radical (unpaired) electrons. The number of hydrogen-bond donors (Lipinski definition) is 0. The van der Waals surface area contributed by atoms with Gasteiger partial charge in [-0.3, -0.25) is 0 Å². The first kappa shape index (κ1) is 10.2. The molecule has 0 saturated carbocycles. The maximum Gasteiger partial charge on any atom is -0.00662 e. The van der Waals surface area contributed by atoms with E-state index in [0.717, 1.165) is 12.8 Å². The Balaban J connectivity index is 2.13. The zero-order valence-electron chi connectivity index (χ0n) is 9.53. The van der Waals surface area contributed by atoms with Gasteiger partial charge in [0.15, 0.2) is 0 Å². The molecule has 0 N–H and O–H groups in total. The highest BCUT2D eigenvalue weighted by atomic mass is 14.3. The van der Waals surface area contributed by atoms with Crippen molar-refractivity contribution in [1.29, 1.82) is 0 Å². The highest BCUT2D eigenvalue weighted by Crippen LogP contribution is 2.32. The molecule has 0 heterocycles. The first-order valence-corrected chi connectivity index (χ1v) is 5.58. The van der Waals surface area contributed by atoms with Crippen LogP contribution in [0.25, 0.3) is 0 Å². The van der Waals surface area contributed by atoms with Crippen LogP contribution in [0.2, 0.25) is 0 Å². The van der Waals surface area contributed by atoms with Crippen molar-refractivity contribution in [3.05, 3.63) is 59.7 Å². The first-order valence-electron chi connectivity index (χ1n) is 5.58. The highest BCUT2D eigenvalue weighted by Gasteiger charge is 2.21. The molecule has 1 aliphatic carbocycles. The van der Waals surface area contributed by atoms with Crippen LogP contribution in [0.5, 0.6) is 0 Å². The van der Waals surface area contributed by atoms with Crippen LogP contribution < -0.4 is 0 Å². The first-order chi connectivity index (χ1) is 7.18. The molecule has 0 fully saturated rings. The van der Waals surface area contributed by atoms with E-state index in [-0.39, 0.29) is 5.41 Å². The zero-order valence-corrected chi connectivity index (χ0v) is 9.53. The standard InChI is InChI=1S/C15H18/c1-15(2,12-13-8-6-7-9-13)14-10-4-3-5-11-14/h3-8,10-11H,9,12H2,1-2H3. The van der Waals surface area contributed by atoms with Crippen molar-refractivity contribution in [2.75, 3.05) is 0 Å². The van der Waals surface area contributed by atoms with Crippen LogP contribution in [-0.4, -0.2) is 0 Å². The summed E-state index contributed by atoms with van der Waals surface area (Å²) in [7, 11) is 0. The molecule has 0 bridgehead atoms. The Morgan fingerprint density at radius 3 is 2.47 bits per heavy atom. The van der Waals surface area contributed by atoms with E-state index in [1.165, 1.54) is 5.56 Å². The average Bonchev–Trinajstić information content (AvgIpc) is 2.71. The maximum absolute atomic E-state index is 2.32. The summed E-state index contributed by atoms with van der Waals surface area (Å²) >= 11 is 0. The largest absolute Gasteiger partial charge is 0.0805 e. The minimum Gasteiger partial charge on any atom is -0.0805 e. The van der Waals surface area contributed by atoms with E-state index in [2.05, 4.69) is 62.4 Å². The molecule has 0 unspecified atom stereocenters. The van der Waals surface area contributed by atoms with Crippen molar-refractivity contribution in [3.63, 3.8) is 0 Å². The molecule has 2 rings (SSSR count). The Morgan fingerprint density at radius 2 is 1.87 bits per heavy atom. The van der Waals surface area contributed by atoms with E-state index in [1.54, 1.807) is 5.57 Å². The summed E-state index contributed by atoms with van der Waals surface area (Å²) in [5.74, 6) is 0. The molecular formula is C15H18. The second-order valence-corrected chi connectivity index (χ2v) is 4.88. The van der Waals surface area contributed by atoms with Gasteiger partial charge in [0.25, 0.3) is 0 Å². The molecule has 0 amide bonds. The number of allylic oxidation sites excluding steroid dienone is 4. The van der Waals surface area contributed by atoms with Gasteiger partial charge in [-0.25, -0.2) is 0 Å². The third-order valence-corrected chi connectivity index (χ3v) is 3.07. The number of hydrogen-bond acceptors (Lipinski definition) is 0. The molecule has 0 aliphatic heterocycles. The lowest BCUT2D eigenvalue weighted by Crippen LogP contribution is -2.17. The summed E-state index contributed by atoms with van der Waals surface area (Å²) in [5.41, 5.74) is 3.22. The van der Waals surface area contributed by atoms with Crippen LogP contribution in [0.1, 0.15) is 32.3 Å². The van der Waals surface area contributed by atoms with Crippen molar-refractivity contribution in [2.24, 2.45) is 0 Å². The van der Waals surface area contributed by atoms with Gasteiger partial charge in [-0.05, 0) is 23.8 Å². The normalized spacial score (nSPS) is 15.5. The Bertz CT molecular complexity index is 380. The van der Waals surface area contributed by atoms with E-state index in [0.29, 0.717) is 0 Å². The minimum absolute atomic E-state index is 0.249. The van der Waals surface area contributed by atoms with E-state index in [1.807, 2.05) is 0 Å². The quantitative estimate of drug-likeness (QED) is 0.681. The van der Waals surface area contributed by atoms with Gasteiger partial charge in [0.2, 0.25) is 0 Å². The number of benzene rings is 1. The van der Waals surface area contributed by atoms with Gasteiger partial charge in [-0.1, -0.05) is 68.0 Å². The molecule has 15 heavy (non-hydrogen) atoms. The van der Waals surface area contributed by atoms with Crippen LogP contribution in [0.15, 0.2) is 54.1 Å².